The lowest BCUT2D eigenvalue weighted by Gasteiger charge is -2.12. The minimum atomic E-state index is -0.960. The molecule has 0 heterocycles. The molecule has 0 fully saturated rings. The van der Waals surface area contributed by atoms with Gasteiger partial charge in [0.25, 0.3) is 0 Å². The molecule has 0 rings (SSSR count). The van der Waals surface area contributed by atoms with Crippen LogP contribution in [0.4, 0.5) is 0 Å². The lowest BCUT2D eigenvalue weighted by Crippen LogP contribution is -2.19. The molecule has 0 aromatic heterocycles. The third-order valence-corrected chi connectivity index (χ3v) is 2.51. The molecule has 0 spiro atoms. The number of hydrogen-bond acceptors (Lipinski definition) is 3. The van der Waals surface area contributed by atoms with Crippen molar-refractivity contribution in [2.45, 2.75) is 45.4 Å². The van der Waals surface area contributed by atoms with Crippen molar-refractivity contribution >= 4 is 5.97 Å². The first kappa shape index (κ1) is 15.8. The molecule has 100 valence electrons. The number of rotatable bonds is 10. The number of carboxylic acid groups (broad SMARTS) is 1. The van der Waals surface area contributed by atoms with E-state index in [-0.39, 0.29) is 5.70 Å². The first-order valence-electron chi connectivity index (χ1n) is 6.32. The highest BCUT2D eigenvalue weighted by Crippen LogP contribution is 2.05. The van der Waals surface area contributed by atoms with E-state index >= 15 is 0 Å². The van der Waals surface area contributed by atoms with Crippen LogP contribution in [-0.2, 0) is 9.53 Å². The predicted octanol–water partition coefficient (Wildman–Crippen LogP) is 2.85. The first-order chi connectivity index (χ1) is 8.09. The Hall–Kier alpha value is -1.19. The number of aliphatic carboxylic acids is 1. The Labute approximate surface area is 104 Å². The Morgan fingerprint density at radius 2 is 1.76 bits per heavy atom. The van der Waals surface area contributed by atoms with Crippen LogP contribution in [0.25, 0.3) is 0 Å². The molecule has 0 unspecified atom stereocenters. The van der Waals surface area contributed by atoms with Crippen LogP contribution in [0.15, 0.2) is 12.0 Å². The minimum Gasteiger partial charge on any atom is -0.499 e. The van der Waals surface area contributed by atoms with Gasteiger partial charge in [0.1, 0.15) is 6.26 Å². The predicted molar refractivity (Wildman–Crippen MR) is 68.7 cm³/mol. The highest BCUT2D eigenvalue weighted by molar-refractivity contribution is 5.85. The van der Waals surface area contributed by atoms with Crippen molar-refractivity contribution in [1.29, 1.82) is 0 Å². The topological polar surface area (TPSA) is 49.8 Å². The third-order valence-electron chi connectivity index (χ3n) is 2.51. The molecule has 4 nitrogen and oxygen atoms in total. The van der Waals surface area contributed by atoms with Crippen LogP contribution in [0.5, 0.6) is 0 Å². The number of hydrogen-bond donors (Lipinski definition) is 1. The van der Waals surface area contributed by atoms with E-state index in [4.69, 9.17) is 9.84 Å². The van der Waals surface area contributed by atoms with Crippen LogP contribution in [0.2, 0.25) is 0 Å². The van der Waals surface area contributed by atoms with E-state index in [9.17, 15) is 4.79 Å². The lowest BCUT2D eigenvalue weighted by atomic mass is 10.1. The zero-order valence-corrected chi connectivity index (χ0v) is 11.2. The fraction of sp³-hybridized carbons (Fsp3) is 0.769. The highest BCUT2D eigenvalue weighted by atomic mass is 16.5. The van der Waals surface area contributed by atoms with Crippen molar-refractivity contribution in [3.05, 3.63) is 12.0 Å². The number of unbranched alkanes of at least 4 members (excludes halogenated alkanes) is 5. The van der Waals surface area contributed by atoms with Crippen LogP contribution in [0.3, 0.4) is 0 Å². The molecule has 0 aliphatic rings. The Morgan fingerprint density at radius 3 is 2.29 bits per heavy atom. The average molecular weight is 243 g/mol. The monoisotopic (exact) mass is 243 g/mol. The van der Waals surface area contributed by atoms with Gasteiger partial charge in [0.15, 0.2) is 5.70 Å². The van der Waals surface area contributed by atoms with Gasteiger partial charge >= 0.3 is 5.97 Å². The first-order valence-corrected chi connectivity index (χ1v) is 6.32. The summed E-state index contributed by atoms with van der Waals surface area (Å²) in [5.41, 5.74) is 0.177. The summed E-state index contributed by atoms with van der Waals surface area (Å²) in [5.74, 6) is -0.960. The number of likely N-dealkylation sites (N-methyl/N-ethyl adjacent to an activating group) is 1. The summed E-state index contributed by atoms with van der Waals surface area (Å²) in [4.78, 5) is 12.3. The second-order valence-electron chi connectivity index (χ2n) is 4.34. The van der Waals surface area contributed by atoms with Crippen LogP contribution in [-0.4, -0.2) is 36.7 Å². The molecule has 0 aromatic rings. The zero-order chi connectivity index (χ0) is 13.1. The van der Waals surface area contributed by atoms with Crippen LogP contribution >= 0.6 is 0 Å². The maximum atomic E-state index is 10.8. The molecular formula is C13H25NO3. The van der Waals surface area contributed by atoms with Gasteiger partial charge in [-0.05, 0) is 6.42 Å². The van der Waals surface area contributed by atoms with E-state index < -0.39 is 5.97 Å². The number of nitrogens with zero attached hydrogens (tertiary/aromatic N) is 1. The molecule has 4 heteroatoms. The van der Waals surface area contributed by atoms with Crippen molar-refractivity contribution in [1.82, 2.24) is 4.90 Å². The van der Waals surface area contributed by atoms with Gasteiger partial charge in [-0.25, -0.2) is 4.79 Å². The van der Waals surface area contributed by atoms with Crippen LogP contribution in [0.1, 0.15) is 45.4 Å². The molecule has 0 aromatic carbocycles. The fourth-order valence-electron chi connectivity index (χ4n) is 1.45. The van der Waals surface area contributed by atoms with Gasteiger partial charge in [-0.15, -0.1) is 0 Å². The van der Waals surface area contributed by atoms with Gasteiger partial charge in [-0.1, -0.05) is 39.0 Å². The molecular weight excluding hydrogens is 218 g/mol. The van der Waals surface area contributed by atoms with Gasteiger partial charge in [0.2, 0.25) is 0 Å². The molecule has 0 aliphatic carbocycles. The fourth-order valence-corrected chi connectivity index (χ4v) is 1.45. The summed E-state index contributed by atoms with van der Waals surface area (Å²) in [7, 11) is 3.38. The highest BCUT2D eigenvalue weighted by Gasteiger charge is 2.09. The number of ether oxygens (including phenoxy) is 1. The molecule has 0 radical (unpaired) electrons. The van der Waals surface area contributed by atoms with Crippen molar-refractivity contribution in [2.75, 3.05) is 20.7 Å². The van der Waals surface area contributed by atoms with E-state index in [1.54, 1.807) is 14.1 Å². The largest absolute Gasteiger partial charge is 0.499 e. The van der Waals surface area contributed by atoms with Crippen molar-refractivity contribution in [3.8, 4) is 0 Å². The molecule has 0 atom stereocenters. The van der Waals surface area contributed by atoms with E-state index in [2.05, 4.69) is 6.92 Å². The summed E-state index contributed by atoms with van der Waals surface area (Å²) >= 11 is 0. The summed E-state index contributed by atoms with van der Waals surface area (Å²) in [6.45, 7) is 2.79. The van der Waals surface area contributed by atoms with E-state index in [0.717, 1.165) is 12.8 Å². The van der Waals surface area contributed by atoms with Gasteiger partial charge in [0.05, 0.1) is 6.61 Å². The van der Waals surface area contributed by atoms with Crippen molar-refractivity contribution < 1.29 is 14.6 Å². The lowest BCUT2D eigenvalue weighted by molar-refractivity contribution is -0.134. The summed E-state index contributed by atoms with van der Waals surface area (Å²) < 4.78 is 5.24. The Balaban J connectivity index is 3.60. The summed E-state index contributed by atoms with van der Waals surface area (Å²) in [6.07, 6.45) is 8.53. The van der Waals surface area contributed by atoms with Gasteiger partial charge in [0, 0.05) is 14.1 Å². The molecule has 0 amide bonds. The molecule has 0 saturated heterocycles. The normalized spacial score (nSPS) is 11.4. The zero-order valence-electron chi connectivity index (χ0n) is 11.2. The van der Waals surface area contributed by atoms with Crippen LogP contribution in [0, 0.1) is 0 Å². The average Bonchev–Trinajstić information content (AvgIpc) is 2.26. The molecule has 0 bridgehead atoms. The maximum Gasteiger partial charge on any atom is 0.355 e. The molecule has 0 aliphatic heterocycles. The van der Waals surface area contributed by atoms with Crippen LogP contribution < -0.4 is 0 Å². The second-order valence-corrected chi connectivity index (χ2v) is 4.34. The van der Waals surface area contributed by atoms with Crippen molar-refractivity contribution in [3.63, 3.8) is 0 Å². The Kier molecular flexibility index (Phi) is 9.30. The molecule has 17 heavy (non-hydrogen) atoms. The Morgan fingerprint density at radius 1 is 1.18 bits per heavy atom. The standard InChI is InChI=1S/C13H25NO3/c1-4-5-6-7-8-9-10-17-11-12(13(15)16)14(2)3/h11H,4-10H2,1-3H3,(H,15,16). The van der Waals surface area contributed by atoms with Gasteiger partial charge in [-0.3, -0.25) is 0 Å². The van der Waals surface area contributed by atoms with Gasteiger partial charge < -0.3 is 14.7 Å². The third kappa shape index (κ3) is 8.60. The van der Waals surface area contributed by atoms with E-state index in [1.807, 2.05) is 0 Å². The molecule has 0 saturated carbocycles. The minimum absolute atomic E-state index is 0.177. The van der Waals surface area contributed by atoms with E-state index in [0.29, 0.717) is 6.61 Å². The smallest absolute Gasteiger partial charge is 0.355 e. The quantitative estimate of drug-likeness (QED) is 0.364. The summed E-state index contributed by atoms with van der Waals surface area (Å²) in [5, 5.41) is 8.85. The summed E-state index contributed by atoms with van der Waals surface area (Å²) in [6, 6.07) is 0. The van der Waals surface area contributed by atoms with Gasteiger partial charge in [-0.2, -0.15) is 0 Å². The van der Waals surface area contributed by atoms with Crippen molar-refractivity contribution in [2.24, 2.45) is 0 Å². The maximum absolute atomic E-state index is 10.8. The Bertz CT molecular complexity index is 237. The van der Waals surface area contributed by atoms with E-state index in [1.165, 1.54) is 36.8 Å². The number of carboxylic acids is 1. The second kappa shape index (κ2) is 10.00. The molecule has 1 N–H and O–H groups in total. The SMILES string of the molecule is CCCCCCCCOC=C(C(=O)O)N(C)C. The number of carbonyl (C=O) groups is 1.